The monoisotopic (exact) mass is 350 g/mol. The predicted molar refractivity (Wildman–Crippen MR) is 89.8 cm³/mol. The van der Waals surface area contributed by atoms with Gasteiger partial charge in [-0.05, 0) is 18.8 Å². The number of nitrogens with zero attached hydrogens (tertiary/aromatic N) is 3. The van der Waals surface area contributed by atoms with Crippen molar-refractivity contribution in [2.75, 3.05) is 13.1 Å². The van der Waals surface area contributed by atoms with E-state index in [0.29, 0.717) is 18.2 Å². The molecule has 2 unspecified atom stereocenters. The summed E-state index contributed by atoms with van der Waals surface area (Å²) >= 11 is 1.54. The molecule has 21 heavy (non-hydrogen) atoms. The Morgan fingerprint density at radius 1 is 1.52 bits per heavy atom. The van der Waals surface area contributed by atoms with Crippen LogP contribution in [0.4, 0.5) is 0 Å². The van der Waals surface area contributed by atoms with E-state index >= 15 is 0 Å². The highest BCUT2D eigenvalue weighted by Gasteiger charge is 2.30. The first kappa shape index (κ1) is 18.2. The topological polar surface area (TPSA) is 63.6 Å². The molecule has 1 saturated heterocycles. The van der Waals surface area contributed by atoms with E-state index in [9.17, 15) is 4.79 Å². The maximum Gasteiger partial charge on any atom is 0.272 e. The van der Waals surface area contributed by atoms with Gasteiger partial charge in [0.2, 0.25) is 0 Å². The van der Waals surface area contributed by atoms with E-state index in [0.717, 1.165) is 24.2 Å². The minimum Gasteiger partial charge on any atom is -0.333 e. The number of carbonyl (C=O) groups is 1. The SMILES string of the molecule is CC1CCN(C(=O)c2csc3cncn23)C(CN)C1.Cl.Cl. The lowest BCUT2D eigenvalue weighted by Gasteiger charge is -2.37. The molecule has 2 atom stereocenters. The minimum absolute atomic E-state index is 0. The van der Waals surface area contributed by atoms with Crippen LogP contribution in [0, 0.1) is 5.92 Å². The average molecular weight is 351 g/mol. The molecule has 1 aliphatic rings. The van der Waals surface area contributed by atoms with Crippen molar-refractivity contribution in [2.24, 2.45) is 11.7 Å². The molecular formula is C13H20Cl2N4OS. The second-order valence-electron chi connectivity index (χ2n) is 5.24. The molecule has 0 spiro atoms. The van der Waals surface area contributed by atoms with Crippen LogP contribution in [-0.4, -0.2) is 39.3 Å². The van der Waals surface area contributed by atoms with E-state index in [1.54, 1.807) is 23.9 Å². The summed E-state index contributed by atoms with van der Waals surface area (Å²) in [5.41, 5.74) is 6.53. The zero-order valence-corrected chi connectivity index (χ0v) is 14.2. The van der Waals surface area contributed by atoms with Crippen molar-refractivity contribution in [3.8, 4) is 0 Å². The van der Waals surface area contributed by atoms with Gasteiger partial charge < -0.3 is 10.6 Å². The molecule has 3 rings (SSSR count). The zero-order chi connectivity index (χ0) is 13.4. The predicted octanol–water partition coefficient (Wildman–Crippen LogP) is 2.44. The number of amides is 1. The third kappa shape index (κ3) is 3.34. The molecule has 1 amide bonds. The van der Waals surface area contributed by atoms with Crippen LogP contribution < -0.4 is 5.73 Å². The second kappa shape index (κ2) is 7.45. The standard InChI is InChI=1S/C13H18N4OS.2ClH/c1-9-2-3-16(10(4-9)5-14)13(18)11-7-19-12-6-15-8-17(11)12;;/h6-10H,2-5,14H2,1H3;2*1H. The van der Waals surface area contributed by atoms with Crippen LogP contribution in [0.3, 0.4) is 0 Å². The third-order valence-electron chi connectivity index (χ3n) is 3.89. The number of carbonyl (C=O) groups excluding carboxylic acids is 1. The highest BCUT2D eigenvalue weighted by molar-refractivity contribution is 7.15. The summed E-state index contributed by atoms with van der Waals surface area (Å²) in [6.45, 7) is 3.56. The van der Waals surface area contributed by atoms with Gasteiger partial charge in [0.1, 0.15) is 16.9 Å². The van der Waals surface area contributed by atoms with Crippen LogP contribution in [0.15, 0.2) is 17.9 Å². The molecule has 0 saturated carbocycles. The van der Waals surface area contributed by atoms with Crippen molar-refractivity contribution in [3.05, 3.63) is 23.6 Å². The fraction of sp³-hybridized carbons (Fsp3) is 0.538. The molecule has 1 fully saturated rings. The van der Waals surface area contributed by atoms with Gasteiger partial charge in [-0.2, -0.15) is 0 Å². The first-order valence-corrected chi connectivity index (χ1v) is 7.49. The van der Waals surface area contributed by atoms with E-state index in [1.165, 1.54) is 0 Å². The number of piperidine rings is 1. The largest absolute Gasteiger partial charge is 0.333 e. The Bertz CT molecular complexity index is 600. The lowest BCUT2D eigenvalue weighted by molar-refractivity contribution is 0.0567. The number of nitrogens with two attached hydrogens (primary N) is 1. The number of imidazole rings is 1. The van der Waals surface area contributed by atoms with Crippen LogP contribution in [0.1, 0.15) is 30.3 Å². The molecule has 3 heterocycles. The van der Waals surface area contributed by atoms with E-state index in [4.69, 9.17) is 5.73 Å². The average Bonchev–Trinajstić information content (AvgIpc) is 3.00. The van der Waals surface area contributed by atoms with Gasteiger partial charge in [-0.25, -0.2) is 4.98 Å². The molecule has 2 aromatic heterocycles. The summed E-state index contributed by atoms with van der Waals surface area (Å²) in [6.07, 6.45) is 5.53. The molecular weight excluding hydrogens is 331 g/mol. The van der Waals surface area contributed by atoms with E-state index in [-0.39, 0.29) is 36.8 Å². The maximum absolute atomic E-state index is 12.7. The van der Waals surface area contributed by atoms with Gasteiger partial charge in [-0.1, -0.05) is 6.92 Å². The third-order valence-corrected chi connectivity index (χ3v) is 4.77. The Hall–Kier alpha value is -0.820. The lowest BCUT2D eigenvalue weighted by Crippen LogP contribution is -2.49. The number of fused-ring (bicyclic) bond motifs is 1. The molecule has 2 aromatic rings. The van der Waals surface area contributed by atoms with Gasteiger partial charge in [0.15, 0.2) is 0 Å². The molecule has 0 aliphatic carbocycles. The van der Waals surface area contributed by atoms with E-state index < -0.39 is 0 Å². The molecule has 8 heteroatoms. The summed E-state index contributed by atoms with van der Waals surface area (Å²) in [4.78, 5) is 19.7. The van der Waals surface area contributed by atoms with Crippen molar-refractivity contribution >= 4 is 46.9 Å². The quantitative estimate of drug-likeness (QED) is 0.904. The Balaban J connectivity index is 0.00000110. The molecule has 5 nitrogen and oxygen atoms in total. The van der Waals surface area contributed by atoms with Gasteiger partial charge in [0.05, 0.1) is 6.20 Å². The van der Waals surface area contributed by atoms with Crippen LogP contribution in [0.25, 0.3) is 4.83 Å². The van der Waals surface area contributed by atoms with Crippen molar-refractivity contribution in [2.45, 2.75) is 25.8 Å². The second-order valence-corrected chi connectivity index (χ2v) is 6.13. The van der Waals surface area contributed by atoms with Gasteiger partial charge in [0, 0.05) is 24.5 Å². The van der Waals surface area contributed by atoms with E-state index in [1.807, 2.05) is 14.7 Å². The molecule has 1 aliphatic heterocycles. The maximum atomic E-state index is 12.7. The molecule has 0 bridgehead atoms. The summed E-state index contributed by atoms with van der Waals surface area (Å²) in [5, 5.41) is 1.91. The minimum atomic E-state index is 0. The zero-order valence-electron chi connectivity index (χ0n) is 11.8. The fourth-order valence-corrected chi connectivity index (χ4v) is 3.59. The Kier molecular flexibility index (Phi) is 6.46. The Morgan fingerprint density at radius 3 is 3.00 bits per heavy atom. The Labute approximate surface area is 140 Å². The Morgan fingerprint density at radius 2 is 2.29 bits per heavy atom. The van der Waals surface area contributed by atoms with Crippen LogP contribution in [-0.2, 0) is 0 Å². The number of aromatic nitrogens is 2. The molecule has 0 aromatic carbocycles. The number of thiazole rings is 1. The van der Waals surface area contributed by atoms with Crippen LogP contribution in [0.5, 0.6) is 0 Å². The molecule has 2 N–H and O–H groups in total. The first-order chi connectivity index (χ1) is 9.20. The summed E-state index contributed by atoms with van der Waals surface area (Å²) in [5.74, 6) is 0.722. The summed E-state index contributed by atoms with van der Waals surface area (Å²) < 4.78 is 1.86. The van der Waals surface area contributed by atoms with Crippen molar-refractivity contribution in [3.63, 3.8) is 0 Å². The lowest BCUT2D eigenvalue weighted by atomic mass is 9.92. The first-order valence-electron chi connectivity index (χ1n) is 6.61. The van der Waals surface area contributed by atoms with E-state index in [2.05, 4.69) is 11.9 Å². The van der Waals surface area contributed by atoms with Crippen molar-refractivity contribution in [1.29, 1.82) is 0 Å². The fourth-order valence-electron chi connectivity index (χ4n) is 2.77. The van der Waals surface area contributed by atoms with Crippen LogP contribution in [0.2, 0.25) is 0 Å². The van der Waals surface area contributed by atoms with Gasteiger partial charge in [-0.3, -0.25) is 9.20 Å². The van der Waals surface area contributed by atoms with Crippen molar-refractivity contribution < 1.29 is 4.79 Å². The molecule has 118 valence electrons. The van der Waals surface area contributed by atoms with Crippen molar-refractivity contribution in [1.82, 2.24) is 14.3 Å². The van der Waals surface area contributed by atoms with Gasteiger partial charge in [-0.15, -0.1) is 36.2 Å². The van der Waals surface area contributed by atoms with Gasteiger partial charge in [0.25, 0.3) is 5.91 Å². The number of hydrogen-bond acceptors (Lipinski definition) is 4. The highest BCUT2D eigenvalue weighted by atomic mass is 35.5. The van der Waals surface area contributed by atoms with Gasteiger partial charge >= 0.3 is 0 Å². The summed E-state index contributed by atoms with van der Waals surface area (Å²) in [6, 6.07) is 0.162. The summed E-state index contributed by atoms with van der Waals surface area (Å²) in [7, 11) is 0. The number of rotatable bonds is 2. The number of hydrogen-bond donors (Lipinski definition) is 1. The normalized spacial score (nSPS) is 21.7. The number of likely N-dealkylation sites (tertiary alicyclic amines) is 1. The smallest absolute Gasteiger partial charge is 0.272 e. The molecule has 0 radical (unpaired) electrons. The number of halogens is 2. The highest BCUT2D eigenvalue weighted by Crippen LogP contribution is 2.25. The van der Waals surface area contributed by atoms with Crippen LogP contribution >= 0.6 is 36.2 Å².